The summed E-state index contributed by atoms with van der Waals surface area (Å²) in [5.41, 5.74) is 10.7. The van der Waals surface area contributed by atoms with E-state index >= 15 is 0 Å². The van der Waals surface area contributed by atoms with Crippen LogP contribution in [0.1, 0.15) is 63.1 Å². The van der Waals surface area contributed by atoms with Crippen LogP contribution in [0.25, 0.3) is 49.6 Å². The molecule has 0 fully saturated rings. The minimum absolute atomic E-state index is 0.155. The van der Waals surface area contributed by atoms with E-state index in [0.29, 0.717) is 0 Å². The van der Waals surface area contributed by atoms with Crippen molar-refractivity contribution in [1.82, 2.24) is 0 Å². The van der Waals surface area contributed by atoms with Gasteiger partial charge in [-0.15, -0.1) is 0 Å². The maximum absolute atomic E-state index is 2.65. The van der Waals surface area contributed by atoms with E-state index in [2.05, 4.69) is 159 Å². The first kappa shape index (κ1) is 28.0. The standard InChI is InChI=1S/C43H42N2/c1-5-8-15-30-21-23-34-32(28-30)25-27-45-41(34)36-18-11-12-19-37(36)43(7-3)38(29-42(43,45)6-2)35-24-22-31-16-9-10-17-33(31)40(35)39-20-13-14-26-44(39)4/h9-14,16-29H,5-8,15H2,1-4H3/q+2. The zero-order valence-electron chi connectivity index (χ0n) is 27.0. The van der Waals surface area contributed by atoms with E-state index in [1.807, 2.05) is 0 Å². The summed E-state index contributed by atoms with van der Waals surface area (Å²) in [6, 6.07) is 39.0. The number of benzene rings is 4. The average molecular weight is 587 g/mol. The number of fused-ring (bicyclic) bond motifs is 9. The Morgan fingerprint density at radius 3 is 2.31 bits per heavy atom. The lowest BCUT2D eigenvalue weighted by molar-refractivity contribution is -0.756. The Morgan fingerprint density at radius 2 is 1.49 bits per heavy atom. The van der Waals surface area contributed by atoms with Gasteiger partial charge in [0.2, 0.25) is 16.9 Å². The van der Waals surface area contributed by atoms with Crippen LogP contribution >= 0.6 is 0 Å². The van der Waals surface area contributed by atoms with Gasteiger partial charge in [-0.25, -0.2) is 4.57 Å². The Bertz CT molecular complexity index is 2150. The summed E-state index contributed by atoms with van der Waals surface area (Å²) in [6.07, 6.45) is 12.9. The molecule has 0 saturated heterocycles. The van der Waals surface area contributed by atoms with Gasteiger partial charge in [-0.1, -0.05) is 93.9 Å². The molecule has 2 unspecified atom stereocenters. The highest BCUT2D eigenvalue weighted by Crippen LogP contribution is 2.65. The van der Waals surface area contributed by atoms with Crippen LogP contribution in [0.4, 0.5) is 0 Å². The molecule has 0 spiro atoms. The van der Waals surface area contributed by atoms with Crippen molar-refractivity contribution in [2.75, 3.05) is 0 Å². The minimum atomic E-state index is -0.157. The average Bonchev–Trinajstić information content (AvgIpc) is 3.07. The van der Waals surface area contributed by atoms with Crippen LogP contribution in [-0.2, 0) is 24.4 Å². The number of hydrogen-bond acceptors (Lipinski definition) is 0. The molecule has 1 aliphatic heterocycles. The van der Waals surface area contributed by atoms with E-state index in [4.69, 9.17) is 0 Å². The van der Waals surface area contributed by atoms with Crippen LogP contribution < -0.4 is 9.13 Å². The van der Waals surface area contributed by atoms with Crippen molar-refractivity contribution in [2.45, 2.75) is 63.8 Å². The van der Waals surface area contributed by atoms with E-state index in [-0.39, 0.29) is 11.0 Å². The molecule has 0 saturated carbocycles. The summed E-state index contributed by atoms with van der Waals surface area (Å²) >= 11 is 0. The number of aryl methyl sites for hydroxylation is 2. The van der Waals surface area contributed by atoms with Gasteiger partial charge in [0.15, 0.2) is 12.4 Å². The predicted molar refractivity (Wildman–Crippen MR) is 187 cm³/mol. The molecule has 0 bridgehead atoms. The van der Waals surface area contributed by atoms with E-state index < -0.39 is 0 Å². The summed E-state index contributed by atoms with van der Waals surface area (Å²) in [5.74, 6) is 0. The molecule has 2 nitrogen and oxygen atoms in total. The van der Waals surface area contributed by atoms with Crippen LogP contribution in [0.15, 0.2) is 122 Å². The zero-order chi connectivity index (χ0) is 30.8. The Kier molecular flexibility index (Phi) is 6.53. The fourth-order valence-electron chi connectivity index (χ4n) is 8.95. The first-order valence-electron chi connectivity index (χ1n) is 16.9. The van der Waals surface area contributed by atoms with Crippen molar-refractivity contribution in [3.63, 3.8) is 0 Å². The fraction of sp³-hybridized carbons (Fsp3) is 0.256. The molecule has 45 heavy (non-hydrogen) atoms. The van der Waals surface area contributed by atoms with Gasteiger partial charge >= 0.3 is 0 Å². The van der Waals surface area contributed by atoms with E-state index in [0.717, 1.165) is 19.3 Å². The van der Waals surface area contributed by atoms with Crippen molar-refractivity contribution >= 4 is 27.1 Å². The molecule has 6 aromatic rings. The lowest BCUT2D eigenvalue weighted by Crippen LogP contribution is -2.73. The number of aromatic nitrogens is 2. The third-order valence-electron chi connectivity index (χ3n) is 11.1. The molecule has 2 heteroatoms. The summed E-state index contributed by atoms with van der Waals surface area (Å²) in [5, 5.41) is 5.28. The number of rotatable bonds is 7. The summed E-state index contributed by atoms with van der Waals surface area (Å²) in [4.78, 5) is 0. The maximum Gasteiger partial charge on any atom is 0.221 e. The molecule has 0 amide bonds. The molecule has 4 aromatic carbocycles. The van der Waals surface area contributed by atoms with Crippen molar-refractivity contribution in [3.05, 3.63) is 138 Å². The number of nitrogens with zero attached hydrogens (tertiary/aromatic N) is 2. The number of hydrogen-bond donors (Lipinski definition) is 0. The van der Waals surface area contributed by atoms with Crippen LogP contribution in [0.3, 0.4) is 0 Å². The Morgan fingerprint density at radius 1 is 0.667 bits per heavy atom. The molecular formula is C43H42N2+2. The topological polar surface area (TPSA) is 7.76 Å². The SMILES string of the molecule is CCCCc1ccc2c3[n+](ccc2c1)C1(CC)C=C(c2ccc4ccccc4c2-c2cccc[n+]2C)C1(CC)c1ccccc1-3. The first-order valence-corrected chi connectivity index (χ1v) is 16.9. The van der Waals surface area contributed by atoms with Gasteiger partial charge in [-0.3, -0.25) is 0 Å². The first-order chi connectivity index (χ1) is 22.1. The highest BCUT2D eigenvalue weighted by atomic mass is 15.1. The Hall–Kier alpha value is -4.56. The minimum Gasteiger partial charge on any atom is -0.201 e. The normalized spacial score (nSPS) is 19.9. The van der Waals surface area contributed by atoms with Gasteiger partial charge in [0, 0.05) is 24.6 Å². The molecule has 222 valence electrons. The summed E-state index contributed by atoms with van der Waals surface area (Å²) in [7, 11) is 2.17. The van der Waals surface area contributed by atoms with Gasteiger partial charge in [0.05, 0.1) is 21.9 Å². The van der Waals surface area contributed by atoms with Crippen molar-refractivity contribution in [2.24, 2.45) is 7.05 Å². The van der Waals surface area contributed by atoms with E-state index in [9.17, 15) is 0 Å². The second kappa shape index (κ2) is 10.5. The number of allylic oxidation sites excluding steroid dienone is 2. The highest BCUT2D eigenvalue weighted by molar-refractivity contribution is 6.05. The predicted octanol–water partition coefficient (Wildman–Crippen LogP) is 9.65. The zero-order valence-corrected chi connectivity index (χ0v) is 27.0. The Labute approximate surface area is 267 Å². The quantitative estimate of drug-likeness (QED) is 0.165. The fourth-order valence-corrected chi connectivity index (χ4v) is 8.95. The molecule has 2 atom stereocenters. The van der Waals surface area contributed by atoms with Gasteiger partial charge in [0.1, 0.15) is 7.05 Å². The molecular weight excluding hydrogens is 544 g/mol. The molecule has 3 heterocycles. The highest BCUT2D eigenvalue weighted by Gasteiger charge is 2.69. The smallest absolute Gasteiger partial charge is 0.201 e. The van der Waals surface area contributed by atoms with Crippen LogP contribution in [0.2, 0.25) is 0 Å². The molecule has 2 aliphatic rings. The van der Waals surface area contributed by atoms with Crippen molar-refractivity contribution in [3.8, 4) is 22.5 Å². The van der Waals surface area contributed by atoms with Crippen LogP contribution in [0.5, 0.6) is 0 Å². The van der Waals surface area contributed by atoms with Crippen molar-refractivity contribution in [1.29, 1.82) is 0 Å². The molecule has 1 aliphatic carbocycles. The summed E-state index contributed by atoms with van der Waals surface area (Å²) in [6.45, 7) is 7.07. The molecule has 0 N–H and O–H groups in total. The van der Waals surface area contributed by atoms with Crippen LogP contribution in [0, 0.1) is 0 Å². The van der Waals surface area contributed by atoms with Crippen molar-refractivity contribution < 1.29 is 9.13 Å². The largest absolute Gasteiger partial charge is 0.221 e. The second-order valence-electron chi connectivity index (χ2n) is 13.1. The van der Waals surface area contributed by atoms with Gasteiger partial charge in [0.25, 0.3) is 0 Å². The number of unbranched alkanes of at least 4 members (excludes halogenated alkanes) is 1. The lowest BCUT2D eigenvalue weighted by Gasteiger charge is -2.56. The van der Waals surface area contributed by atoms with E-state index in [1.165, 1.54) is 79.2 Å². The molecule has 2 aromatic heterocycles. The maximum atomic E-state index is 2.65. The molecule has 0 radical (unpaired) electrons. The molecule has 8 rings (SSSR count). The third kappa shape index (κ3) is 3.75. The van der Waals surface area contributed by atoms with Crippen LogP contribution in [-0.4, -0.2) is 0 Å². The lowest BCUT2D eigenvalue weighted by atomic mass is 9.46. The van der Waals surface area contributed by atoms with Gasteiger partial charge in [-0.2, -0.15) is 4.57 Å². The second-order valence-corrected chi connectivity index (χ2v) is 13.1. The van der Waals surface area contributed by atoms with Gasteiger partial charge < -0.3 is 0 Å². The monoisotopic (exact) mass is 586 g/mol. The van der Waals surface area contributed by atoms with Gasteiger partial charge in [-0.05, 0) is 82.0 Å². The van der Waals surface area contributed by atoms with E-state index in [1.54, 1.807) is 0 Å². The third-order valence-corrected chi connectivity index (χ3v) is 11.1. The Balaban J connectivity index is 1.44. The summed E-state index contributed by atoms with van der Waals surface area (Å²) < 4.78 is 4.93. The number of pyridine rings is 2.